The van der Waals surface area contributed by atoms with Gasteiger partial charge in [0.1, 0.15) is 11.5 Å². The number of rotatable bonds is 7. The van der Waals surface area contributed by atoms with E-state index >= 15 is 0 Å². The molecule has 29 heavy (non-hydrogen) atoms. The number of nitrogens with one attached hydrogen (secondary N) is 1. The summed E-state index contributed by atoms with van der Waals surface area (Å²) in [4.78, 5) is 12.3. The first-order valence-electron chi connectivity index (χ1n) is 9.66. The summed E-state index contributed by atoms with van der Waals surface area (Å²) in [6.07, 6.45) is 1.63. The summed E-state index contributed by atoms with van der Waals surface area (Å²) >= 11 is 0. The second-order valence-electron chi connectivity index (χ2n) is 7.41. The van der Waals surface area contributed by atoms with E-state index in [-0.39, 0.29) is 0 Å². The molecule has 148 valence electrons. The van der Waals surface area contributed by atoms with Crippen molar-refractivity contribution in [2.45, 2.75) is 33.5 Å². The van der Waals surface area contributed by atoms with Gasteiger partial charge in [-0.25, -0.2) is 4.79 Å². The molecule has 0 radical (unpaired) electrons. The summed E-state index contributed by atoms with van der Waals surface area (Å²) < 4.78 is 7.28. The van der Waals surface area contributed by atoms with Gasteiger partial charge in [-0.15, -0.1) is 0 Å². The fourth-order valence-electron chi connectivity index (χ4n) is 3.72. The zero-order valence-corrected chi connectivity index (χ0v) is 16.6. The highest BCUT2D eigenvalue weighted by Gasteiger charge is 2.22. The van der Waals surface area contributed by atoms with Crippen molar-refractivity contribution in [3.8, 4) is 0 Å². The Balaban J connectivity index is 1.76. The standard InChI is InChI=1S/C24H24N2O3/c1-16-5-8-18(9-6-16)15-26-22-12-17(2)7-10-20(22)21(23(26)24(27)28)14-25-13-19-4-3-11-29-19/h3-12,25H,13-15H2,1-2H3,(H,27,28). The van der Waals surface area contributed by atoms with E-state index < -0.39 is 5.97 Å². The molecule has 0 amide bonds. The molecule has 0 saturated heterocycles. The Morgan fingerprint density at radius 1 is 1.03 bits per heavy atom. The van der Waals surface area contributed by atoms with Crippen molar-refractivity contribution in [3.63, 3.8) is 0 Å². The highest BCUT2D eigenvalue weighted by molar-refractivity contribution is 5.98. The fraction of sp³-hybridized carbons (Fsp3) is 0.208. The van der Waals surface area contributed by atoms with Crippen LogP contribution in [0.2, 0.25) is 0 Å². The van der Waals surface area contributed by atoms with E-state index in [2.05, 4.69) is 35.6 Å². The van der Waals surface area contributed by atoms with Crippen LogP contribution in [-0.4, -0.2) is 15.6 Å². The number of benzene rings is 2. The molecule has 0 aliphatic rings. The number of carbonyl (C=O) groups is 1. The number of furan rings is 1. The second-order valence-corrected chi connectivity index (χ2v) is 7.41. The largest absolute Gasteiger partial charge is 0.477 e. The Kier molecular flexibility index (Phi) is 5.23. The Bertz CT molecular complexity index is 1140. The number of nitrogens with zero attached hydrogens (tertiary/aromatic N) is 1. The molecule has 2 aromatic carbocycles. The van der Waals surface area contributed by atoms with Gasteiger partial charge in [-0.1, -0.05) is 42.0 Å². The van der Waals surface area contributed by atoms with Crippen molar-refractivity contribution in [1.29, 1.82) is 0 Å². The lowest BCUT2D eigenvalue weighted by atomic mass is 10.1. The van der Waals surface area contributed by atoms with Crippen LogP contribution in [0.4, 0.5) is 0 Å². The lowest BCUT2D eigenvalue weighted by molar-refractivity contribution is 0.0685. The summed E-state index contributed by atoms with van der Waals surface area (Å²) in [6.45, 7) is 5.58. The van der Waals surface area contributed by atoms with Gasteiger partial charge < -0.3 is 19.4 Å². The highest BCUT2D eigenvalue weighted by Crippen LogP contribution is 2.29. The van der Waals surface area contributed by atoms with Crippen LogP contribution in [0.15, 0.2) is 65.3 Å². The van der Waals surface area contributed by atoms with Gasteiger partial charge in [0.15, 0.2) is 0 Å². The van der Waals surface area contributed by atoms with Crippen molar-refractivity contribution < 1.29 is 14.3 Å². The number of fused-ring (bicyclic) bond motifs is 1. The van der Waals surface area contributed by atoms with Crippen LogP contribution in [-0.2, 0) is 19.6 Å². The molecular formula is C24H24N2O3. The molecule has 0 spiro atoms. The van der Waals surface area contributed by atoms with Crippen LogP contribution in [0.5, 0.6) is 0 Å². The van der Waals surface area contributed by atoms with Gasteiger partial charge >= 0.3 is 5.97 Å². The molecule has 2 heterocycles. The van der Waals surface area contributed by atoms with Gasteiger partial charge in [0.2, 0.25) is 0 Å². The summed E-state index contributed by atoms with van der Waals surface area (Å²) in [5.41, 5.74) is 5.43. The van der Waals surface area contributed by atoms with Gasteiger partial charge in [0.25, 0.3) is 0 Å². The Hall–Kier alpha value is -3.31. The average Bonchev–Trinajstić information content (AvgIpc) is 3.30. The second kappa shape index (κ2) is 7.97. The zero-order chi connectivity index (χ0) is 20.4. The van der Waals surface area contributed by atoms with Gasteiger partial charge in [-0.3, -0.25) is 0 Å². The number of hydrogen-bond acceptors (Lipinski definition) is 3. The fourth-order valence-corrected chi connectivity index (χ4v) is 3.72. The third kappa shape index (κ3) is 3.96. The predicted octanol–water partition coefficient (Wildman–Crippen LogP) is 4.89. The number of aryl methyl sites for hydroxylation is 2. The van der Waals surface area contributed by atoms with Gasteiger partial charge in [0.05, 0.1) is 12.8 Å². The number of carboxylic acids is 1. The minimum Gasteiger partial charge on any atom is -0.477 e. The van der Waals surface area contributed by atoms with Crippen LogP contribution in [0, 0.1) is 13.8 Å². The van der Waals surface area contributed by atoms with E-state index in [4.69, 9.17) is 4.42 Å². The molecular weight excluding hydrogens is 364 g/mol. The van der Waals surface area contributed by atoms with E-state index in [1.807, 2.05) is 42.7 Å². The zero-order valence-electron chi connectivity index (χ0n) is 16.6. The monoisotopic (exact) mass is 388 g/mol. The SMILES string of the molecule is Cc1ccc(Cn2c(C(=O)O)c(CNCc3ccco3)c3ccc(C)cc32)cc1. The van der Waals surface area contributed by atoms with Crippen LogP contribution in [0.25, 0.3) is 10.9 Å². The maximum Gasteiger partial charge on any atom is 0.352 e. The van der Waals surface area contributed by atoms with Crippen LogP contribution in [0.3, 0.4) is 0 Å². The molecule has 0 aliphatic carbocycles. The van der Waals surface area contributed by atoms with E-state index in [1.54, 1.807) is 6.26 Å². The van der Waals surface area contributed by atoms with Gasteiger partial charge in [-0.05, 0) is 43.2 Å². The van der Waals surface area contributed by atoms with E-state index in [0.29, 0.717) is 25.3 Å². The normalized spacial score (nSPS) is 11.2. The lowest BCUT2D eigenvalue weighted by Gasteiger charge is -2.10. The minimum absolute atomic E-state index is 0.332. The third-order valence-electron chi connectivity index (χ3n) is 5.17. The molecule has 5 nitrogen and oxygen atoms in total. The highest BCUT2D eigenvalue weighted by atomic mass is 16.4. The molecule has 5 heteroatoms. The summed E-state index contributed by atoms with van der Waals surface area (Å²) in [5, 5.41) is 14.3. The van der Waals surface area contributed by atoms with Crippen LogP contribution in [0.1, 0.15) is 38.5 Å². The smallest absolute Gasteiger partial charge is 0.352 e. The average molecular weight is 388 g/mol. The third-order valence-corrected chi connectivity index (χ3v) is 5.17. The van der Waals surface area contributed by atoms with Crippen LogP contribution < -0.4 is 5.32 Å². The van der Waals surface area contributed by atoms with E-state index in [1.165, 1.54) is 5.56 Å². The predicted molar refractivity (Wildman–Crippen MR) is 113 cm³/mol. The van der Waals surface area contributed by atoms with Gasteiger partial charge in [0, 0.05) is 29.6 Å². The van der Waals surface area contributed by atoms with Crippen molar-refractivity contribution >= 4 is 16.9 Å². The molecule has 0 aliphatic heterocycles. The first kappa shape index (κ1) is 19.0. The first-order valence-corrected chi connectivity index (χ1v) is 9.66. The molecule has 4 rings (SSSR count). The number of aromatic carboxylic acids is 1. The topological polar surface area (TPSA) is 67.4 Å². The Labute approximate surface area is 169 Å². The van der Waals surface area contributed by atoms with E-state index in [0.717, 1.165) is 33.4 Å². The molecule has 2 aromatic heterocycles. The van der Waals surface area contributed by atoms with Crippen LogP contribution >= 0.6 is 0 Å². The quantitative estimate of drug-likeness (QED) is 0.473. The van der Waals surface area contributed by atoms with E-state index in [9.17, 15) is 9.90 Å². The molecule has 0 fully saturated rings. The van der Waals surface area contributed by atoms with Crippen molar-refractivity contribution in [2.75, 3.05) is 0 Å². The molecule has 0 saturated carbocycles. The summed E-state index contributed by atoms with van der Waals surface area (Å²) in [7, 11) is 0. The molecule has 0 atom stereocenters. The maximum absolute atomic E-state index is 12.3. The minimum atomic E-state index is -0.916. The van der Waals surface area contributed by atoms with Crippen molar-refractivity contribution in [1.82, 2.24) is 9.88 Å². The first-order chi connectivity index (χ1) is 14.0. The summed E-state index contributed by atoms with van der Waals surface area (Å²) in [6, 6.07) is 18.1. The van der Waals surface area contributed by atoms with Crippen molar-refractivity contribution in [3.05, 3.63) is 94.6 Å². The molecule has 0 bridgehead atoms. The summed E-state index contributed by atoms with van der Waals surface area (Å²) in [5.74, 6) is -0.0955. The molecule has 0 unspecified atom stereocenters. The van der Waals surface area contributed by atoms with Crippen molar-refractivity contribution in [2.24, 2.45) is 0 Å². The number of carboxylic acid groups (broad SMARTS) is 1. The van der Waals surface area contributed by atoms with Gasteiger partial charge in [-0.2, -0.15) is 0 Å². The lowest BCUT2D eigenvalue weighted by Crippen LogP contribution is -2.17. The number of aromatic nitrogens is 1. The molecule has 2 N–H and O–H groups in total. The Morgan fingerprint density at radius 2 is 1.79 bits per heavy atom. The Morgan fingerprint density at radius 3 is 2.48 bits per heavy atom. The number of hydrogen-bond donors (Lipinski definition) is 2. The molecule has 4 aromatic rings. The maximum atomic E-state index is 12.3.